The van der Waals surface area contributed by atoms with Crippen LogP contribution in [0, 0.1) is 0 Å². The largest absolute Gasteiger partial charge is 0.399 e. The lowest BCUT2D eigenvalue weighted by Gasteiger charge is -2.31. The van der Waals surface area contributed by atoms with Crippen molar-refractivity contribution in [2.24, 2.45) is 5.16 Å². The number of hydrogen-bond donors (Lipinski definition) is 0. The van der Waals surface area contributed by atoms with E-state index >= 15 is 0 Å². The van der Waals surface area contributed by atoms with Crippen molar-refractivity contribution in [1.29, 1.82) is 0 Å². The van der Waals surface area contributed by atoms with Crippen LogP contribution in [0.5, 0.6) is 0 Å². The Bertz CT molecular complexity index is 1170. The summed E-state index contributed by atoms with van der Waals surface area (Å²) >= 11 is 0. The van der Waals surface area contributed by atoms with Crippen LogP contribution in [0.25, 0.3) is 11.1 Å². The molecule has 0 N–H and O–H groups in total. The highest BCUT2D eigenvalue weighted by atomic mass is 16.6. The quantitative estimate of drug-likeness (QED) is 0.508. The number of aromatic nitrogens is 2. The predicted octanol–water partition coefficient (Wildman–Crippen LogP) is 3.07. The van der Waals surface area contributed by atoms with E-state index in [0.717, 1.165) is 43.0 Å². The van der Waals surface area contributed by atoms with Gasteiger partial charge in [-0.05, 0) is 30.3 Å². The van der Waals surface area contributed by atoms with E-state index in [2.05, 4.69) is 44.3 Å². The molecule has 1 atom stereocenters. The number of carbonyl (C=O) groups excluding carboxylic acids is 1. The fourth-order valence-electron chi connectivity index (χ4n) is 4.61. The fraction of sp³-hybridized carbons (Fsp3) is 0.385. The normalized spacial score (nSPS) is 20.5. The van der Waals surface area contributed by atoms with Crippen molar-refractivity contribution in [3.05, 3.63) is 71.9 Å². The Kier molecular flexibility index (Phi) is 6.87. The third kappa shape index (κ3) is 5.26. The third-order valence-electron chi connectivity index (χ3n) is 6.61. The molecule has 182 valence electrons. The van der Waals surface area contributed by atoms with Crippen LogP contribution in [0.15, 0.2) is 64.3 Å². The number of carbonyl (C=O) groups is 1. The van der Waals surface area contributed by atoms with E-state index in [0.29, 0.717) is 36.8 Å². The van der Waals surface area contributed by atoms with Crippen molar-refractivity contribution in [3.63, 3.8) is 0 Å². The smallest absolute Gasteiger partial charge is 0.254 e. The molecule has 0 radical (unpaired) electrons. The first-order valence-electron chi connectivity index (χ1n) is 11.9. The highest BCUT2D eigenvalue weighted by Crippen LogP contribution is 2.31. The summed E-state index contributed by atoms with van der Waals surface area (Å²) in [4.78, 5) is 29.5. The van der Waals surface area contributed by atoms with Gasteiger partial charge < -0.3 is 19.2 Å². The topological polar surface area (TPSA) is 87.3 Å². The zero-order chi connectivity index (χ0) is 24.2. The second kappa shape index (κ2) is 10.4. The number of piperazine rings is 1. The van der Waals surface area contributed by atoms with Crippen molar-refractivity contribution in [2.75, 3.05) is 46.9 Å². The van der Waals surface area contributed by atoms with Crippen molar-refractivity contribution < 1.29 is 14.2 Å². The molecule has 1 amide bonds. The summed E-state index contributed by atoms with van der Waals surface area (Å²) < 4.78 is 5.57. The van der Waals surface area contributed by atoms with Gasteiger partial charge in [0.05, 0.1) is 18.8 Å². The summed E-state index contributed by atoms with van der Waals surface area (Å²) in [5, 5.41) is 8.35. The molecule has 2 aromatic carbocycles. The van der Waals surface area contributed by atoms with Gasteiger partial charge in [-0.25, -0.2) is 0 Å². The Labute approximate surface area is 205 Å². The lowest BCUT2D eigenvalue weighted by atomic mass is 10.0. The molecule has 3 heterocycles. The van der Waals surface area contributed by atoms with Gasteiger partial charge in [-0.3, -0.25) is 9.69 Å². The minimum absolute atomic E-state index is 0.0960. The molecule has 1 aromatic heterocycles. The van der Waals surface area contributed by atoms with Gasteiger partial charge >= 0.3 is 0 Å². The van der Waals surface area contributed by atoms with E-state index in [1.165, 1.54) is 7.11 Å². The van der Waals surface area contributed by atoms with Gasteiger partial charge in [-0.2, -0.15) is 4.98 Å². The Morgan fingerprint density at radius 2 is 1.77 bits per heavy atom. The van der Waals surface area contributed by atoms with Crippen molar-refractivity contribution >= 4 is 11.6 Å². The van der Waals surface area contributed by atoms with Gasteiger partial charge in [-0.15, -0.1) is 0 Å². The first kappa shape index (κ1) is 23.2. The number of rotatable bonds is 6. The molecule has 0 bridgehead atoms. The first-order valence-corrected chi connectivity index (χ1v) is 11.9. The van der Waals surface area contributed by atoms with E-state index in [-0.39, 0.29) is 11.9 Å². The maximum Gasteiger partial charge on any atom is 0.254 e. The third-order valence-corrected chi connectivity index (χ3v) is 6.61. The molecule has 0 unspecified atom stereocenters. The second-order valence-electron chi connectivity index (χ2n) is 9.06. The highest BCUT2D eigenvalue weighted by Gasteiger charge is 2.38. The lowest BCUT2D eigenvalue weighted by Crippen LogP contribution is -2.43. The van der Waals surface area contributed by atoms with E-state index < -0.39 is 0 Å². The van der Waals surface area contributed by atoms with E-state index in [4.69, 9.17) is 9.36 Å². The Morgan fingerprint density at radius 3 is 2.49 bits per heavy atom. The van der Waals surface area contributed by atoms with Gasteiger partial charge in [0.2, 0.25) is 5.89 Å². The fourth-order valence-corrected chi connectivity index (χ4v) is 4.61. The average Bonchev–Trinajstić information content (AvgIpc) is 3.53. The highest BCUT2D eigenvalue weighted by molar-refractivity contribution is 6.00. The van der Waals surface area contributed by atoms with Gasteiger partial charge in [0.25, 0.3) is 5.91 Å². The van der Waals surface area contributed by atoms with Crippen LogP contribution < -0.4 is 0 Å². The minimum Gasteiger partial charge on any atom is -0.399 e. The molecule has 9 heteroatoms. The van der Waals surface area contributed by atoms with Crippen molar-refractivity contribution in [2.45, 2.75) is 19.0 Å². The average molecular weight is 475 g/mol. The van der Waals surface area contributed by atoms with Crippen molar-refractivity contribution in [3.8, 4) is 11.1 Å². The molecule has 2 aliphatic heterocycles. The van der Waals surface area contributed by atoms with E-state index in [1.807, 2.05) is 42.5 Å². The van der Waals surface area contributed by atoms with Gasteiger partial charge in [0.15, 0.2) is 5.82 Å². The van der Waals surface area contributed by atoms with Crippen LogP contribution in [-0.4, -0.2) is 83.3 Å². The summed E-state index contributed by atoms with van der Waals surface area (Å²) in [6, 6.07) is 17.4. The summed E-state index contributed by atoms with van der Waals surface area (Å²) in [7, 11) is 3.64. The SMILES string of the molecule is CO/N=C1\C[C@@H](c2noc(CN3CCN(C)CC3)n2)N(C(=O)c2ccc(-c3ccccc3)cc2)C1. The molecular formula is C26H30N6O3. The molecule has 2 fully saturated rings. The summed E-state index contributed by atoms with van der Waals surface area (Å²) in [6.45, 7) is 4.94. The molecule has 9 nitrogen and oxygen atoms in total. The van der Waals surface area contributed by atoms with Crippen LogP contribution in [-0.2, 0) is 11.4 Å². The Balaban J connectivity index is 1.33. The molecule has 2 saturated heterocycles. The van der Waals surface area contributed by atoms with E-state index in [9.17, 15) is 4.79 Å². The van der Waals surface area contributed by atoms with Gasteiger partial charge in [0.1, 0.15) is 13.2 Å². The number of nitrogens with zero attached hydrogens (tertiary/aromatic N) is 6. The standard InChI is InChI=1S/C26H30N6O3/c1-30-12-14-31(15-13-30)18-24-27-25(29-35-24)23-16-22(28-34-2)17-32(23)26(33)21-10-8-20(9-11-21)19-6-4-3-5-7-19/h3-11,23H,12-18H2,1-2H3/b28-22+/t23-/m0/s1. The molecule has 2 aliphatic rings. The molecular weight excluding hydrogens is 444 g/mol. The number of likely N-dealkylation sites (tertiary alicyclic amines) is 1. The zero-order valence-electron chi connectivity index (χ0n) is 20.1. The Morgan fingerprint density at radius 1 is 1.06 bits per heavy atom. The monoisotopic (exact) mass is 474 g/mol. The molecule has 5 rings (SSSR count). The number of oxime groups is 1. The maximum atomic E-state index is 13.5. The maximum absolute atomic E-state index is 13.5. The number of hydrogen-bond acceptors (Lipinski definition) is 8. The zero-order valence-corrected chi connectivity index (χ0v) is 20.1. The first-order chi connectivity index (χ1) is 17.1. The Hall–Kier alpha value is -3.56. The molecule has 35 heavy (non-hydrogen) atoms. The van der Waals surface area contributed by atoms with Crippen LogP contribution in [0.2, 0.25) is 0 Å². The van der Waals surface area contributed by atoms with Crippen LogP contribution in [0.3, 0.4) is 0 Å². The number of likely N-dealkylation sites (N-methyl/N-ethyl adjacent to an activating group) is 1. The second-order valence-corrected chi connectivity index (χ2v) is 9.06. The molecule has 0 spiro atoms. The van der Waals surface area contributed by atoms with E-state index in [1.54, 1.807) is 4.90 Å². The van der Waals surface area contributed by atoms with Crippen LogP contribution in [0.1, 0.15) is 34.5 Å². The van der Waals surface area contributed by atoms with Gasteiger partial charge in [-0.1, -0.05) is 52.8 Å². The van der Waals surface area contributed by atoms with Crippen LogP contribution >= 0.6 is 0 Å². The lowest BCUT2D eigenvalue weighted by molar-refractivity contribution is 0.0732. The van der Waals surface area contributed by atoms with Crippen molar-refractivity contribution in [1.82, 2.24) is 24.8 Å². The minimum atomic E-state index is -0.352. The predicted molar refractivity (Wildman–Crippen MR) is 132 cm³/mol. The number of amides is 1. The molecule has 0 aliphatic carbocycles. The summed E-state index contributed by atoms with van der Waals surface area (Å²) in [5.74, 6) is 0.979. The number of benzene rings is 2. The molecule has 0 saturated carbocycles. The van der Waals surface area contributed by atoms with Crippen LogP contribution in [0.4, 0.5) is 0 Å². The van der Waals surface area contributed by atoms with Gasteiger partial charge in [0, 0.05) is 38.2 Å². The summed E-state index contributed by atoms with van der Waals surface area (Å²) in [5.41, 5.74) is 3.56. The molecule has 3 aromatic rings. The summed E-state index contributed by atoms with van der Waals surface area (Å²) in [6.07, 6.45) is 0.509.